The van der Waals surface area contributed by atoms with Gasteiger partial charge in [-0.2, -0.15) is 5.10 Å². The lowest BCUT2D eigenvalue weighted by atomic mass is 9.92. The van der Waals surface area contributed by atoms with E-state index in [2.05, 4.69) is 5.32 Å². The Balaban J connectivity index is 2.06. The molecule has 1 amide bonds. The number of hydrogen-bond donors (Lipinski definition) is 1. The zero-order chi connectivity index (χ0) is 22.3. The lowest BCUT2D eigenvalue weighted by Crippen LogP contribution is -2.16. The molecule has 1 heterocycles. The Morgan fingerprint density at radius 1 is 1.10 bits per heavy atom. The van der Waals surface area contributed by atoms with E-state index < -0.39 is 15.7 Å². The van der Waals surface area contributed by atoms with Crippen molar-refractivity contribution in [2.45, 2.75) is 38.0 Å². The van der Waals surface area contributed by atoms with Crippen LogP contribution in [0.3, 0.4) is 0 Å². The number of anilines is 1. The fourth-order valence-electron chi connectivity index (χ4n) is 2.89. The van der Waals surface area contributed by atoms with Gasteiger partial charge in [0.1, 0.15) is 5.82 Å². The van der Waals surface area contributed by atoms with Crippen molar-refractivity contribution in [3.8, 4) is 5.69 Å². The number of sulfone groups is 1. The first-order chi connectivity index (χ1) is 13.9. The van der Waals surface area contributed by atoms with E-state index in [-0.39, 0.29) is 20.9 Å². The molecule has 0 aliphatic rings. The third-order valence-electron chi connectivity index (χ3n) is 4.58. The summed E-state index contributed by atoms with van der Waals surface area (Å²) in [5.74, 6) is -0.0453. The molecule has 0 radical (unpaired) electrons. The number of nitrogens with one attached hydrogen (secondary N) is 1. The summed E-state index contributed by atoms with van der Waals surface area (Å²) in [6, 6.07) is 13.6. The topological polar surface area (TPSA) is 81.1 Å². The SMILES string of the molecule is Cc1cccc(-n2nc(C(C)(C)C)cc2NC(=O)c2cc(S(C)(=O)=O)ccc2Cl)c1. The summed E-state index contributed by atoms with van der Waals surface area (Å²) in [5.41, 5.74) is 2.50. The van der Waals surface area contributed by atoms with Crippen LogP contribution in [-0.4, -0.2) is 30.4 Å². The Kier molecular flexibility index (Phi) is 5.80. The molecule has 1 N–H and O–H groups in total. The summed E-state index contributed by atoms with van der Waals surface area (Å²) < 4.78 is 25.4. The van der Waals surface area contributed by atoms with Gasteiger partial charge in [0.2, 0.25) is 0 Å². The first-order valence-electron chi connectivity index (χ1n) is 9.35. The summed E-state index contributed by atoms with van der Waals surface area (Å²) in [5, 5.41) is 7.70. The van der Waals surface area contributed by atoms with Gasteiger partial charge in [-0.3, -0.25) is 4.79 Å². The Bertz CT molecular complexity index is 1220. The van der Waals surface area contributed by atoms with E-state index in [1.807, 2.05) is 58.0 Å². The molecule has 0 aliphatic heterocycles. The van der Waals surface area contributed by atoms with Crippen LogP contribution < -0.4 is 5.32 Å². The van der Waals surface area contributed by atoms with Gasteiger partial charge >= 0.3 is 0 Å². The smallest absolute Gasteiger partial charge is 0.258 e. The second-order valence-corrected chi connectivity index (χ2v) is 10.7. The average Bonchev–Trinajstić information content (AvgIpc) is 3.05. The van der Waals surface area contributed by atoms with Crippen LogP contribution in [0, 0.1) is 6.92 Å². The zero-order valence-electron chi connectivity index (χ0n) is 17.5. The summed E-state index contributed by atoms with van der Waals surface area (Å²) in [4.78, 5) is 13.0. The van der Waals surface area contributed by atoms with Crippen LogP contribution in [0.5, 0.6) is 0 Å². The molecular weight excluding hydrogens is 422 g/mol. The third-order valence-corrected chi connectivity index (χ3v) is 6.02. The number of amides is 1. The van der Waals surface area contributed by atoms with Crippen LogP contribution in [0.2, 0.25) is 5.02 Å². The average molecular weight is 446 g/mol. The fraction of sp³-hybridized carbons (Fsp3) is 0.273. The summed E-state index contributed by atoms with van der Waals surface area (Å²) in [6.07, 6.45) is 1.08. The minimum atomic E-state index is -3.48. The minimum Gasteiger partial charge on any atom is -0.306 e. The maximum absolute atomic E-state index is 13.0. The molecule has 3 aromatic rings. The van der Waals surface area contributed by atoms with Crippen molar-refractivity contribution in [2.75, 3.05) is 11.6 Å². The van der Waals surface area contributed by atoms with E-state index in [0.29, 0.717) is 5.82 Å². The third kappa shape index (κ3) is 4.74. The van der Waals surface area contributed by atoms with Gasteiger partial charge in [0.25, 0.3) is 5.91 Å². The second kappa shape index (κ2) is 7.89. The largest absolute Gasteiger partial charge is 0.306 e. The molecule has 0 unspecified atom stereocenters. The zero-order valence-corrected chi connectivity index (χ0v) is 19.1. The monoisotopic (exact) mass is 445 g/mol. The number of aromatic nitrogens is 2. The molecule has 0 saturated carbocycles. The molecule has 0 saturated heterocycles. The molecule has 8 heteroatoms. The van der Waals surface area contributed by atoms with Crippen molar-refractivity contribution in [3.05, 3.63) is 70.4 Å². The van der Waals surface area contributed by atoms with Crippen LogP contribution in [0.15, 0.2) is 53.4 Å². The van der Waals surface area contributed by atoms with Crippen molar-refractivity contribution in [1.29, 1.82) is 0 Å². The minimum absolute atomic E-state index is 0.0274. The maximum Gasteiger partial charge on any atom is 0.258 e. The number of rotatable bonds is 4. The lowest BCUT2D eigenvalue weighted by molar-refractivity contribution is 0.102. The molecule has 0 bridgehead atoms. The van der Waals surface area contributed by atoms with E-state index in [1.165, 1.54) is 18.2 Å². The molecule has 0 fully saturated rings. The Morgan fingerprint density at radius 3 is 2.40 bits per heavy atom. The Labute approximate surface area is 181 Å². The van der Waals surface area contributed by atoms with E-state index in [4.69, 9.17) is 16.7 Å². The standard InChI is InChI=1S/C22H24ClN3O3S/c1-14-7-6-8-15(11-14)26-20(13-19(25-26)22(2,3)4)24-21(27)17-12-16(30(5,28)29)9-10-18(17)23/h6-13H,1-5H3,(H,24,27). The molecule has 0 atom stereocenters. The summed E-state index contributed by atoms with van der Waals surface area (Å²) in [6.45, 7) is 8.09. The van der Waals surface area contributed by atoms with E-state index in [0.717, 1.165) is 23.2 Å². The van der Waals surface area contributed by atoms with Gasteiger partial charge in [-0.05, 0) is 42.8 Å². The highest BCUT2D eigenvalue weighted by atomic mass is 35.5. The number of nitrogens with zero attached hydrogens (tertiary/aromatic N) is 2. The van der Waals surface area contributed by atoms with Crippen molar-refractivity contribution >= 4 is 33.2 Å². The van der Waals surface area contributed by atoms with E-state index in [1.54, 1.807) is 4.68 Å². The van der Waals surface area contributed by atoms with Crippen molar-refractivity contribution < 1.29 is 13.2 Å². The number of aryl methyl sites for hydroxylation is 1. The summed E-state index contributed by atoms with van der Waals surface area (Å²) >= 11 is 6.18. The van der Waals surface area contributed by atoms with Gasteiger partial charge in [0, 0.05) is 17.7 Å². The highest BCUT2D eigenvalue weighted by Gasteiger charge is 2.23. The molecule has 30 heavy (non-hydrogen) atoms. The predicted octanol–water partition coefficient (Wildman–Crippen LogP) is 4.79. The van der Waals surface area contributed by atoms with Gasteiger partial charge in [-0.1, -0.05) is 44.5 Å². The molecule has 6 nitrogen and oxygen atoms in total. The normalized spacial score (nSPS) is 12.1. The number of benzene rings is 2. The first kappa shape index (κ1) is 22.1. The van der Waals surface area contributed by atoms with Crippen molar-refractivity contribution in [2.24, 2.45) is 0 Å². The molecule has 0 spiro atoms. The van der Waals surface area contributed by atoms with Crippen LogP contribution in [-0.2, 0) is 15.3 Å². The predicted molar refractivity (Wildman–Crippen MR) is 120 cm³/mol. The second-order valence-electron chi connectivity index (χ2n) is 8.28. The van der Waals surface area contributed by atoms with Crippen molar-refractivity contribution in [1.82, 2.24) is 9.78 Å². The Hall–Kier alpha value is -2.64. The molecular formula is C22H24ClN3O3S. The highest BCUT2D eigenvalue weighted by molar-refractivity contribution is 7.90. The molecule has 3 rings (SSSR count). The highest BCUT2D eigenvalue weighted by Crippen LogP contribution is 2.28. The van der Waals surface area contributed by atoms with Gasteiger partial charge in [-0.25, -0.2) is 13.1 Å². The number of halogens is 1. The Morgan fingerprint density at radius 2 is 1.80 bits per heavy atom. The summed E-state index contributed by atoms with van der Waals surface area (Å²) in [7, 11) is -3.48. The van der Waals surface area contributed by atoms with Gasteiger partial charge < -0.3 is 5.32 Å². The fourth-order valence-corrected chi connectivity index (χ4v) is 3.74. The van der Waals surface area contributed by atoms with E-state index >= 15 is 0 Å². The molecule has 158 valence electrons. The van der Waals surface area contributed by atoms with Gasteiger partial charge in [0.15, 0.2) is 9.84 Å². The molecule has 1 aromatic heterocycles. The lowest BCUT2D eigenvalue weighted by Gasteiger charge is -2.14. The van der Waals surface area contributed by atoms with Gasteiger partial charge in [-0.15, -0.1) is 0 Å². The van der Waals surface area contributed by atoms with Crippen molar-refractivity contribution in [3.63, 3.8) is 0 Å². The number of carbonyl (C=O) groups is 1. The van der Waals surface area contributed by atoms with Crippen LogP contribution >= 0.6 is 11.6 Å². The quantitative estimate of drug-likeness (QED) is 0.626. The molecule has 2 aromatic carbocycles. The molecule has 0 aliphatic carbocycles. The number of hydrogen-bond acceptors (Lipinski definition) is 4. The van der Waals surface area contributed by atoms with Gasteiger partial charge in [0.05, 0.1) is 26.9 Å². The van der Waals surface area contributed by atoms with Crippen LogP contribution in [0.25, 0.3) is 5.69 Å². The van der Waals surface area contributed by atoms with E-state index in [9.17, 15) is 13.2 Å². The maximum atomic E-state index is 13.0. The first-order valence-corrected chi connectivity index (χ1v) is 11.6. The van der Waals surface area contributed by atoms with Crippen LogP contribution in [0.1, 0.15) is 42.4 Å². The van der Waals surface area contributed by atoms with Crippen LogP contribution in [0.4, 0.5) is 5.82 Å². The number of carbonyl (C=O) groups excluding carboxylic acids is 1.